The fourth-order valence-electron chi connectivity index (χ4n) is 3.80. The van der Waals surface area contributed by atoms with E-state index in [0.29, 0.717) is 5.13 Å². The van der Waals surface area contributed by atoms with Crippen LogP contribution in [0.4, 0.5) is 5.13 Å². The Balaban J connectivity index is 1.83. The van der Waals surface area contributed by atoms with E-state index < -0.39 is 54.5 Å². The first-order chi connectivity index (χ1) is 18.4. The summed E-state index contributed by atoms with van der Waals surface area (Å²) in [5, 5.41) is 8.25. The maximum Gasteiger partial charge on any atom is 0.303 e. The highest BCUT2D eigenvalue weighted by molar-refractivity contribution is 7.80. The molecule has 0 bridgehead atoms. The molecule has 0 aliphatic carbocycles. The highest BCUT2D eigenvalue weighted by atomic mass is 32.1. The van der Waals surface area contributed by atoms with Gasteiger partial charge in [0.15, 0.2) is 34.8 Å². The van der Waals surface area contributed by atoms with Gasteiger partial charge in [0.05, 0.1) is 5.69 Å². The molecule has 5 atom stereocenters. The highest BCUT2D eigenvalue weighted by Crippen LogP contribution is 2.29. The normalized spacial score (nSPS) is 22.2. The van der Waals surface area contributed by atoms with Gasteiger partial charge in [0, 0.05) is 38.6 Å². The molecule has 0 radical (unpaired) electrons. The van der Waals surface area contributed by atoms with Gasteiger partial charge >= 0.3 is 23.9 Å². The first-order valence-corrected chi connectivity index (χ1v) is 13.1. The molecule has 1 aromatic carbocycles. The Morgan fingerprint density at radius 1 is 0.923 bits per heavy atom. The van der Waals surface area contributed by atoms with Gasteiger partial charge in [-0.15, -0.1) is 11.3 Å². The Morgan fingerprint density at radius 2 is 1.51 bits per heavy atom. The molecule has 2 N–H and O–H groups in total. The number of aryl methyl sites for hydroxylation is 1. The number of esters is 4. The van der Waals surface area contributed by atoms with Gasteiger partial charge in [-0.3, -0.25) is 19.2 Å². The van der Waals surface area contributed by atoms with E-state index in [-0.39, 0.29) is 11.7 Å². The van der Waals surface area contributed by atoms with Crippen LogP contribution in [0.15, 0.2) is 29.6 Å². The van der Waals surface area contributed by atoms with Crippen molar-refractivity contribution in [2.45, 2.75) is 65.3 Å². The zero-order chi connectivity index (χ0) is 28.7. The molecular formula is C25H29N3O9S2. The second-order valence-electron chi connectivity index (χ2n) is 8.62. The van der Waals surface area contributed by atoms with E-state index in [1.165, 1.54) is 18.3 Å². The average Bonchev–Trinajstić information content (AvgIpc) is 3.29. The molecule has 14 heteroatoms. The van der Waals surface area contributed by atoms with Crippen molar-refractivity contribution in [3.63, 3.8) is 0 Å². The zero-order valence-electron chi connectivity index (χ0n) is 21.9. The number of ether oxygens (including phenoxy) is 5. The summed E-state index contributed by atoms with van der Waals surface area (Å²) in [7, 11) is 0. The quantitative estimate of drug-likeness (QED) is 0.268. The van der Waals surface area contributed by atoms with Crippen LogP contribution in [0.2, 0.25) is 0 Å². The van der Waals surface area contributed by atoms with Gasteiger partial charge in [0.25, 0.3) is 0 Å². The molecule has 39 heavy (non-hydrogen) atoms. The van der Waals surface area contributed by atoms with Crippen molar-refractivity contribution in [3.8, 4) is 11.3 Å². The molecule has 12 nitrogen and oxygen atoms in total. The number of hydrogen-bond acceptors (Lipinski definition) is 12. The molecule has 210 valence electrons. The van der Waals surface area contributed by atoms with Crippen molar-refractivity contribution in [2.24, 2.45) is 0 Å². The molecule has 1 aliphatic heterocycles. The second kappa shape index (κ2) is 13.4. The number of hydrogen-bond donors (Lipinski definition) is 2. The molecule has 2 heterocycles. The number of benzene rings is 1. The van der Waals surface area contributed by atoms with E-state index in [1.54, 1.807) is 0 Å². The number of anilines is 1. The van der Waals surface area contributed by atoms with Crippen molar-refractivity contribution in [2.75, 3.05) is 11.9 Å². The third-order valence-corrected chi connectivity index (χ3v) is 6.31. The first kappa shape index (κ1) is 29.9. The van der Waals surface area contributed by atoms with Crippen LogP contribution in [-0.2, 0) is 42.9 Å². The van der Waals surface area contributed by atoms with E-state index in [2.05, 4.69) is 15.6 Å². The number of carbonyl (C=O) groups excluding carboxylic acids is 4. The van der Waals surface area contributed by atoms with Crippen molar-refractivity contribution in [3.05, 3.63) is 35.2 Å². The lowest BCUT2D eigenvalue weighted by atomic mass is 9.97. The van der Waals surface area contributed by atoms with Gasteiger partial charge in [-0.05, 0) is 19.1 Å². The van der Waals surface area contributed by atoms with Crippen LogP contribution < -0.4 is 10.6 Å². The van der Waals surface area contributed by atoms with Crippen LogP contribution >= 0.6 is 23.6 Å². The molecule has 2 aromatic rings. The van der Waals surface area contributed by atoms with E-state index in [0.717, 1.165) is 37.6 Å². The fraction of sp³-hybridized carbons (Fsp3) is 0.440. The summed E-state index contributed by atoms with van der Waals surface area (Å²) < 4.78 is 27.3. The molecule has 0 spiro atoms. The lowest BCUT2D eigenvalue weighted by molar-refractivity contribution is -0.254. The second-order valence-corrected chi connectivity index (χ2v) is 9.89. The third-order valence-electron chi connectivity index (χ3n) is 5.34. The molecule has 0 unspecified atom stereocenters. The van der Waals surface area contributed by atoms with Crippen molar-refractivity contribution in [1.82, 2.24) is 10.3 Å². The molecule has 0 amide bonds. The van der Waals surface area contributed by atoms with Crippen LogP contribution in [0.5, 0.6) is 0 Å². The highest BCUT2D eigenvalue weighted by Gasteiger charge is 2.52. The van der Waals surface area contributed by atoms with Crippen LogP contribution in [0.25, 0.3) is 11.3 Å². The summed E-state index contributed by atoms with van der Waals surface area (Å²) in [5.41, 5.74) is 2.81. The lowest BCUT2D eigenvalue weighted by Crippen LogP contribution is -2.66. The molecule has 1 fully saturated rings. The Morgan fingerprint density at radius 3 is 2.10 bits per heavy atom. The van der Waals surface area contributed by atoms with Crippen LogP contribution in [0, 0.1) is 6.92 Å². The first-order valence-electron chi connectivity index (χ1n) is 11.8. The third kappa shape index (κ3) is 8.70. The molecule has 1 aliphatic rings. The number of rotatable bonds is 8. The Hall–Kier alpha value is -3.62. The van der Waals surface area contributed by atoms with Crippen molar-refractivity contribution >= 4 is 57.7 Å². The number of thiocarbonyl (C=S) groups is 1. The number of nitrogens with zero attached hydrogens (tertiary/aromatic N) is 1. The lowest BCUT2D eigenvalue weighted by Gasteiger charge is -2.44. The maximum atomic E-state index is 12.0. The van der Waals surface area contributed by atoms with Crippen LogP contribution in [0.1, 0.15) is 33.3 Å². The van der Waals surface area contributed by atoms with E-state index in [1.807, 2.05) is 36.6 Å². The summed E-state index contributed by atoms with van der Waals surface area (Å²) in [4.78, 5) is 51.8. The Labute approximate surface area is 234 Å². The minimum atomic E-state index is -1.31. The van der Waals surface area contributed by atoms with Crippen LogP contribution in [0.3, 0.4) is 0 Å². The summed E-state index contributed by atoms with van der Waals surface area (Å²) in [6.45, 7) is 6.30. The van der Waals surface area contributed by atoms with Crippen molar-refractivity contribution in [1.29, 1.82) is 0 Å². The number of aromatic nitrogens is 1. The van der Waals surface area contributed by atoms with Gasteiger partial charge in [0.2, 0.25) is 0 Å². The van der Waals surface area contributed by atoms with Crippen LogP contribution in [-0.4, -0.2) is 71.2 Å². The van der Waals surface area contributed by atoms with E-state index in [4.69, 9.17) is 35.9 Å². The van der Waals surface area contributed by atoms with Gasteiger partial charge < -0.3 is 34.3 Å². The minimum absolute atomic E-state index is 0.0562. The minimum Gasteiger partial charge on any atom is -0.463 e. The number of carbonyl (C=O) groups is 4. The predicted octanol–water partition coefficient (Wildman–Crippen LogP) is 2.49. The molecule has 3 rings (SSSR count). The smallest absolute Gasteiger partial charge is 0.303 e. The van der Waals surface area contributed by atoms with E-state index in [9.17, 15) is 19.2 Å². The predicted molar refractivity (Wildman–Crippen MR) is 144 cm³/mol. The summed E-state index contributed by atoms with van der Waals surface area (Å²) in [6.07, 6.45) is -6.14. The standard InChI is InChI=1S/C25H29N3O9S2/c1-12-6-8-17(9-7-12)18-11-39-25(26-18)28-24(38)27-23-22(36-16(5)32)21(35-15(4)31)20(34-14(3)30)19(37-23)10-33-13(2)29/h6-9,11,19-23H,10H2,1-5H3,(H2,26,27,28,38)/t19-,20-,21+,22-,23-/m1/s1. The van der Waals surface area contributed by atoms with Gasteiger partial charge in [-0.2, -0.15) is 0 Å². The summed E-state index contributed by atoms with van der Waals surface area (Å²) in [5.74, 6) is -2.77. The molecule has 1 aromatic heterocycles. The summed E-state index contributed by atoms with van der Waals surface area (Å²) in [6, 6.07) is 7.89. The Kier molecular flexibility index (Phi) is 10.3. The molecular weight excluding hydrogens is 550 g/mol. The topological polar surface area (TPSA) is 151 Å². The number of thiazole rings is 1. The van der Waals surface area contributed by atoms with Gasteiger partial charge in [0.1, 0.15) is 12.7 Å². The monoisotopic (exact) mass is 579 g/mol. The zero-order valence-corrected chi connectivity index (χ0v) is 23.6. The van der Waals surface area contributed by atoms with E-state index >= 15 is 0 Å². The van der Waals surface area contributed by atoms with Gasteiger partial charge in [-0.1, -0.05) is 29.8 Å². The number of nitrogens with one attached hydrogen (secondary N) is 2. The molecule has 0 saturated carbocycles. The SMILES string of the molecule is CC(=O)OC[C@H]1O[C@@H](NC(=S)Nc2nc(-c3ccc(C)cc3)cs2)[C@H](OC(C)=O)[C@@H](OC(C)=O)[C@@H]1OC(C)=O. The molecule has 1 saturated heterocycles. The summed E-state index contributed by atoms with van der Waals surface area (Å²) >= 11 is 6.76. The Bertz CT molecular complexity index is 1220. The largest absolute Gasteiger partial charge is 0.463 e. The maximum absolute atomic E-state index is 12.0. The van der Waals surface area contributed by atoms with Crippen molar-refractivity contribution < 1.29 is 42.9 Å². The van der Waals surface area contributed by atoms with Gasteiger partial charge in [-0.25, -0.2) is 4.98 Å². The average molecular weight is 580 g/mol. The fourth-order valence-corrected chi connectivity index (χ4v) is 4.80.